The summed E-state index contributed by atoms with van der Waals surface area (Å²) in [7, 11) is 1.64. The monoisotopic (exact) mass is 332 g/mol. The lowest BCUT2D eigenvalue weighted by Crippen LogP contribution is -2.54. The van der Waals surface area contributed by atoms with Gasteiger partial charge < -0.3 is 15.5 Å². The molecule has 1 heterocycles. The minimum Gasteiger partial charge on any atom is -0.359 e. The molecule has 0 spiro atoms. The molecule has 1 saturated carbocycles. The lowest BCUT2D eigenvalue weighted by molar-refractivity contribution is -0.125. The number of halogens is 2. The van der Waals surface area contributed by atoms with Gasteiger partial charge in [0.1, 0.15) is 0 Å². The number of rotatable bonds is 4. The number of urea groups is 1. The van der Waals surface area contributed by atoms with Gasteiger partial charge in [0, 0.05) is 45.2 Å². The highest BCUT2D eigenvalue weighted by molar-refractivity contribution is 5.78. The zero-order valence-corrected chi connectivity index (χ0v) is 13.6. The van der Waals surface area contributed by atoms with E-state index in [1.54, 1.807) is 16.8 Å². The van der Waals surface area contributed by atoms with E-state index < -0.39 is 6.43 Å². The minimum atomic E-state index is -2.33. The topological polar surface area (TPSA) is 64.7 Å². The summed E-state index contributed by atoms with van der Waals surface area (Å²) in [6.07, 6.45) is 0.843. The Kier molecular flexibility index (Phi) is 6.56. The van der Waals surface area contributed by atoms with E-state index in [1.807, 2.05) is 0 Å². The summed E-state index contributed by atoms with van der Waals surface area (Å²) in [5.41, 5.74) is 0. The zero-order chi connectivity index (χ0) is 16.8. The third-order valence-corrected chi connectivity index (χ3v) is 4.73. The third kappa shape index (κ3) is 5.30. The summed E-state index contributed by atoms with van der Waals surface area (Å²) in [6, 6.07) is -0.0208. The molecule has 132 valence electrons. The molecule has 0 radical (unpaired) electrons. The maximum absolute atomic E-state index is 12.3. The van der Waals surface area contributed by atoms with Crippen molar-refractivity contribution in [1.29, 1.82) is 0 Å². The molecule has 6 nitrogen and oxygen atoms in total. The van der Waals surface area contributed by atoms with Crippen LogP contribution in [0.3, 0.4) is 0 Å². The van der Waals surface area contributed by atoms with Gasteiger partial charge in [0.25, 0.3) is 6.43 Å². The first-order valence-electron chi connectivity index (χ1n) is 8.27. The molecule has 1 aliphatic heterocycles. The van der Waals surface area contributed by atoms with E-state index in [4.69, 9.17) is 0 Å². The van der Waals surface area contributed by atoms with Crippen LogP contribution in [0.4, 0.5) is 13.6 Å². The Hall–Kier alpha value is -1.44. The van der Waals surface area contributed by atoms with Gasteiger partial charge in [0.15, 0.2) is 0 Å². The molecule has 2 aliphatic rings. The maximum Gasteiger partial charge on any atom is 0.317 e. The second-order valence-electron chi connectivity index (χ2n) is 6.29. The second-order valence-corrected chi connectivity index (χ2v) is 6.29. The van der Waals surface area contributed by atoms with Gasteiger partial charge in [-0.1, -0.05) is 0 Å². The molecule has 2 fully saturated rings. The van der Waals surface area contributed by atoms with Crippen LogP contribution in [0.1, 0.15) is 25.7 Å². The predicted molar refractivity (Wildman–Crippen MR) is 82.4 cm³/mol. The van der Waals surface area contributed by atoms with Crippen molar-refractivity contribution in [3.05, 3.63) is 0 Å². The summed E-state index contributed by atoms with van der Waals surface area (Å²) in [5, 5.41) is 5.68. The van der Waals surface area contributed by atoms with Crippen LogP contribution in [0.15, 0.2) is 0 Å². The number of nitrogens with one attached hydrogen (secondary N) is 2. The molecule has 0 aromatic carbocycles. The Labute approximate surface area is 135 Å². The van der Waals surface area contributed by atoms with Gasteiger partial charge in [-0.25, -0.2) is 13.6 Å². The summed E-state index contributed by atoms with van der Waals surface area (Å²) in [6.45, 7) is 1.71. The third-order valence-electron chi connectivity index (χ3n) is 4.73. The lowest BCUT2D eigenvalue weighted by atomic mass is 9.85. The molecule has 2 N–H and O–H groups in total. The molecular weight excluding hydrogens is 306 g/mol. The van der Waals surface area contributed by atoms with Crippen LogP contribution in [-0.2, 0) is 4.79 Å². The molecule has 23 heavy (non-hydrogen) atoms. The van der Waals surface area contributed by atoms with Crippen molar-refractivity contribution in [2.24, 2.45) is 5.92 Å². The predicted octanol–water partition coefficient (Wildman–Crippen LogP) is 0.884. The van der Waals surface area contributed by atoms with Crippen LogP contribution < -0.4 is 10.6 Å². The first kappa shape index (κ1) is 17.9. The Bertz CT molecular complexity index is 406. The summed E-state index contributed by atoms with van der Waals surface area (Å²) in [4.78, 5) is 27.2. The summed E-state index contributed by atoms with van der Waals surface area (Å²) < 4.78 is 24.7. The lowest BCUT2D eigenvalue weighted by Gasteiger charge is -2.36. The fraction of sp³-hybridized carbons (Fsp3) is 0.867. The van der Waals surface area contributed by atoms with Crippen molar-refractivity contribution < 1.29 is 18.4 Å². The molecule has 2 rings (SSSR count). The van der Waals surface area contributed by atoms with E-state index in [-0.39, 0.29) is 30.4 Å². The first-order chi connectivity index (χ1) is 11.0. The number of nitrogens with zero attached hydrogens (tertiary/aromatic N) is 2. The highest BCUT2D eigenvalue weighted by atomic mass is 19.3. The average molecular weight is 332 g/mol. The average Bonchev–Trinajstić information content (AvgIpc) is 2.55. The molecule has 0 atom stereocenters. The molecule has 0 aromatic rings. The van der Waals surface area contributed by atoms with Crippen molar-refractivity contribution in [2.75, 3.05) is 39.8 Å². The summed E-state index contributed by atoms with van der Waals surface area (Å²) in [5.74, 6) is 0.121. The van der Waals surface area contributed by atoms with E-state index in [1.165, 1.54) is 0 Å². The van der Waals surface area contributed by atoms with Crippen molar-refractivity contribution >= 4 is 11.9 Å². The number of carbonyl (C=O) groups excluding carboxylic acids is 2. The molecule has 0 unspecified atom stereocenters. The number of alkyl halides is 2. The molecule has 0 bridgehead atoms. The van der Waals surface area contributed by atoms with Gasteiger partial charge in [0.05, 0.1) is 6.54 Å². The normalized spacial score (nSPS) is 26.2. The van der Waals surface area contributed by atoms with Gasteiger partial charge >= 0.3 is 6.03 Å². The van der Waals surface area contributed by atoms with Crippen LogP contribution >= 0.6 is 0 Å². The van der Waals surface area contributed by atoms with E-state index in [0.717, 1.165) is 25.7 Å². The molecular formula is C15H26F2N4O2. The Morgan fingerprint density at radius 2 is 1.70 bits per heavy atom. The largest absolute Gasteiger partial charge is 0.359 e. The van der Waals surface area contributed by atoms with E-state index >= 15 is 0 Å². The SMILES string of the molecule is CNC(=O)C1CCC(NC(=O)N2CCN(CC(F)F)CC2)CC1. The van der Waals surface area contributed by atoms with Gasteiger partial charge in [-0.05, 0) is 25.7 Å². The molecule has 3 amide bonds. The van der Waals surface area contributed by atoms with Crippen molar-refractivity contribution in [3.63, 3.8) is 0 Å². The molecule has 1 saturated heterocycles. The number of piperazine rings is 1. The smallest absolute Gasteiger partial charge is 0.317 e. The van der Waals surface area contributed by atoms with Crippen LogP contribution in [0.25, 0.3) is 0 Å². The second kappa shape index (κ2) is 8.42. The van der Waals surface area contributed by atoms with E-state index in [9.17, 15) is 18.4 Å². The van der Waals surface area contributed by atoms with Crippen LogP contribution in [0.5, 0.6) is 0 Å². The Morgan fingerprint density at radius 3 is 2.22 bits per heavy atom. The molecule has 1 aliphatic carbocycles. The number of amides is 3. The maximum atomic E-state index is 12.3. The van der Waals surface area contributed by atoms with Gasteiger partial charge in [0.2, 0.25) is 5.91 Å². The highest BCUT2D eigenvalue weighted by Crippen LogP contribution is 2.24. The van der Waals surface area contributed by atoms with Crippen molar-refractivity contribution in [3.8, 4) is 0 Å². The highest BCUT2D eigenvalue weighted by Gasteiger charge is 2.28. The molecule has 8 heteroatoms. The quantitative estimate of drug-likeness (QED) is 0.803. The minimum absolute atomic E-state index is 0.0473. The van der Waals surface area contributed by atoms with Crippen molar-refractivity contribution in [2.45, 2.75) is 38.2 Å². The fourth-order valence-electron chi connectivity index (χ4n) is 3.30. The van der Waals surface area contributed by atoms with E-state index in [0.29, 0.717) is 26.2 Å². The van der Waals surface area contributed by atoms with Crippen LogP contribution in [0.2, 0.25) is 0 Å². The first-order valence-corrected chi connectivity index (χ1v) is 8.27. The van der Waals surface area contributed by atoms with Gasteiger partial charge in [-0.2, -0.15) is 0 Å². The molecule has 0 aromatic heterocycles. The van der Waals surface area contributed by atoms with Crippen LogP contribution in [-0.4, -0.2) is 74.0 Å². The van der Waals surface area contributed by atoms with Crippen LogP contribution in [0, 0.1) is 5.92 Å². The van der Waals surface area contributed by atoms with Gasteiger partial charge in [-0.15, -0.1) is 0 Å². The van der Waals surface area contributed by atoms with Crippen molar-refractivity contribution in [1.82, 2.24) is 20.4 Å². The number of hydrogen-bond acceptors (Lipinski definition) is 3. The number of hydrogen-bond donors (Lipinski definition) is 2. The Balaban J connectivity index is 1.69. The fourth-order valence-corrected chi connectivity index (χ4v) is 3.30. The standard InChI is InChI=1S/C15H26F2N4O2/c1-18-14(22)11-2-4-12(5-3-11)19-15(23)21-8-6-20(7-9-21)10-13(16)17/h11-13H,2-10H2,1H3,(H,18,22)(H,19,23). The van der Waals surface area contributed by atoms with E-state index in [2.05, 4.69) is 10.6 Å². The summed E-state index contributed by atoms with van der Waals surface area (Å²) >= 11 is 0. The number of carbonyl (C=O) groups is 2. The van der Waals surface area contributed by atoms with Gasteiger partial charge in [-0.3, -0.25) is 9.69 Å². The Morgan fingerprint density at radius 1 is 1.09 bits per heavy atom. The zero-order valence-electron chi connectivity index (χ0n) is 13.6.